The van der Waals surface area contributed by atoms with Crippen molar-refractivity contribution in [3.63, 3.8) is 0 Å². The summed E-state index contributed by atoms with van der Waals surface area (Å²) < 4.78 is 41.5. The van der Waals surface area contributed by atoms with Crippen LogP contribution >= 0.6 is 0 Å². The summed E-state index contributed by atoms with van der Waals surface area (Å²) >= 11 is 0. The first-order valence-electron chi connectivity index (χ1n) is 11.9. The Morgan fingerprint density at radius 1 is 1.03 bits per heavy atom. The Labute approximate surface area is 206 Å². The number of likely N-dealkylation sites (tertiary alicyclic amines) is 1. The highest BCUT2D eigenvalue weighted by Crippen LogP contribution is 2.29. The number of hydrogen-bond donors (Lipinski definition) is 1. The average molecular weight is 496 g/mol. The highest BCUT2D eigenvalue weighted by molar-refractivity contribution is 5.85. The molecule has 0 saturated carbocycles. The van der Waals surface area contributed by atoms with Crippen molar-refractivity contribution in [3.8, 4) is 23.1 Å². The fraction of sp³-hybridized carbons (Fsp3) is 0.360. The minimum absolute atomic E-state index is 0.109. The van der Waals surface area contributed by atoms with E-state index in [1.165, 1.54) is 31.2 Å². The molecular weight excluding hydrogens is 468 g/mol. The molecule has 2 N–H and O–H groups in total. The van der Waals surface area contributed by atoms with Crippen LogP contribution in [0.15, 0.2) is 36.7 Å². The number of halogens is 2. The van der Waals surface area contributed by atoms with Crippen molar-refractivity contribution in [2.75, 3.05) is 38.6 Å². The van der Waals surface area contributed by atoms with Crippen LogP contribution < -0.4 is 15.2 Å². The van der Waals surface area contributed by atoms with Crippen LogP contribution in [0.2, 0.25) is 0 Å². The molecule has 0 spiro atoms. The maximum atomic E-state index is 14.5. The third kappa shape index (κ3) is 5.06. The molecule has 3 aromatic heterocycles. The van der Waals surface area contributed by atoms with Crippen molar-refractivity contribution < 1.29 is 18.3 Å². The van der Waals surface area contributed by atoms with Gasteiger partial charge in [-0.15, -0.1) is 0 Å². The summed E-state index contributed by atoms with van der Waals surface area (Å²) in [6, 6.07) is 6.13. The predicted octanol–water partition coefficient (Wildman–Crippen LogP) is 3.67. The van der Waals surface area contributed by atoms with Crippen LogP contribution in [-0.4, -0.2) is 62.3 Å². The standard InChI is InChI=1S/C25H27F2N7O2/c1-2-35-25-31-22(28)21-24(32-25)34(23(30-21)17-12-18(26)14-29-13-17)15-16-5-6-19(27)20(11-16)36-10-9-33-7-3-4-8-33/h5-6,11-14H,2-4,7-10,15H2,1H3,(H2,28,31,32). The first kappa shape index (κ1) is 23.9. The van der Waals surface area contributed by atoms with E-state index in [2.05, 4.69) is 24.8 Å². The molecule has 1 aromatic carbocycles. The number of anilines is 1. The number of ether oxygens (including phenoxy) is 2. The third-order valence-corrected chi connectivity index (χ3v) is 6.04. The fourth-order valence-corrected chi connectivity index (χ4v) is 4.33. The van der Waals surface area contributed by atoms with Gasteiger partial charge in [-0.05, 0) is 56.6 Å². The molecule has 0 atom stereocenters. The Morgan fingerprint density at radius 2 is 1.86 bits per heavy atom. The second-order valence-electron chi connectivity index (χ2n) is 8.57. The molecule has 0 bridgehead atoms. The lowest BCUT2D eigenvalue weighted by Crippen LogP contribution is -2.25. The lowest BCUT2D eigenvalue weighted by molar-refractivity contribution is 0.231. The number of imidazole rings is 1. The summed E-state index contributed by atoms with van der Waals surface area (Å²) in [6.07, 6.45) is 4.99. The van der Waals surface area contributed by atoms with Crippen molar-refractivity contribution in [1.82, 2.24) is 29.4 Å². The van der Waals surface area contributed by atoms with E-state index >= 15 is 0 Å². The molecule has 11 heteroatoms. The van der Waals surface area contributed by atoms with Gasteiger partial charge < -0.3 is 19.8 Å². The van der Waals surface area contributed by atoms with Gasteiger partial charge in [0.05, 0.1) is 19.3 Å². The summed E-state index contributed by atoms with van der Waals surface area (Å²) in [5.41, 5.74) is 8.09. The van der Waals surface area contributed by atoms with Gasteiger partial charge in [-0.3, -0.25) is 9.88 Å². The van der Waals surface area contributed by atoms with E-state index in [9.17, 15) is 8.78 Å². The van der Waals surface area contributed by atoms with Crippen molar-refractivity contribution in [1.29, 1.82) is 0 Å². The first-order chi connectivity index (χ1) is 17.5. The quantitative estimate of drug-likeness (QED) is 0.375. The number of hydrogen-bond acceptors (Lipinski definition) is 8. The Hall–Kier alpha value is -3.86. The van der Waals surface area contributed by atoms with Gasteiger partial charge in [0.15, 0.2) is 28.5 Å². The largest absolute Gasteiger partial charge is 0.489 e. The Morgan fingerprint density at radius 3 is 2.64 bits per heavy atom. The highest BCUT2D eigenvalue weighted by Gasteiger charge is 2.20. The van der Waals surface area contributed by atoms with Gasteiger partial charge in [-0.25, -0.2) is 13.8 Å². The normalized spacial score (nSPS) is 14.0. The number of aromatic nitrogens is 5. The number of nitrogen functional groups attached to an aromatic ring is 1. The van der Waals surface area contributed by atoms with Crippen molar-refractivity contribution in [2.24, 2.45) is 0 Å². The molecule has 1 saturated heterocycles. The highest BCUT2D eigenvalue weighted by atomic mass is 19.1. The van der Waals surface area contributed by atoms with E-state index in [-0.39, 0.29) is 24.1 Å². The second kappa shape index (κ2) is 10.4. The molecular formula is C25H27F2N7O2. The monoisotopic (exact) mass is 495 g/mol. The Kier molecular flexibility index (Phi) is 6.90. The van der Waals surface area contributed by atoms with Crippen LogP contribution in [0.1, 0.15) is 25.3 Å². The van der Waals surface area contributed by atoms with Gasteiger partial charge in [-0.2, -0.15) is 9.97 Å². The van der Waals surface area contributed by atoms with Crippen molar-refractivity contribution in [3.05, 3.63) is 53.9 Å². The number of rotatable bonds is 9. The molecule has 1 fully saturated rings. The van der Waals surface area contributed by atoms with Crippen LogP contribution in [0.4, 0.5) is 14.6 Å². The minimum Gasteiger partial charge on any atom is -0.489 e. The van der Waals surface area contributed by atoms with Crippen molar-refractivity contribution >= 4 is 17.0 Å². The zero-order valence-electron chi connectivity index (χ0n) is 20.0. The van der Waals surface area contributed by atoms with Crippen LogP contribution in [-0.2, 0) is 6.54 Å². The van der Waals surface area contributed by atoms with Crippen molar-refractivity contribution in [2.45, 2.75) is 26.3 Å². The van der Waals surface area contributed by atoms with E-state index in [0.717, 1.165) is 31.4 Å². The predicted molar refractivity (Wildman–Crippen MR) is 131 cm³/mol. The van der Waals surface area contributed by atoms with Crippen LogP contribution in [0.3, 0.4) is 0 Å². The van der Waals surface area contributed by atoms with E-state index in [0.29, 0.717) is 35.8 Å². The summed E-state index contributed by atoms with van der Waals surface area (Å²) in [4.78, 5) is 19.5. The molecule has 0 aliphatic carbocycles. The van der Waals surface area contributed by atoms with Crippen LogP contribution in [0.25, 0.3) is 22.6 Å². The number of fused-ring (bicyclic) bond motifs is 1. The lowest BCUT2D eigenvalue weighted by atomic mass is 10.2. The molecule has 36 heavy (non-hydrogen) atoms. The molecule has 0 unspecified atom stereocenters. The maximum Gasteiger partial charge on any atom is 0.320 e. The smallest absolute Gasteiger partial charge is 0.320 e. The van der Waals surface area contributed by atoms with Gasteiger partial charge in [0.25, 0.3) is 0 Å². The molecule has 9 nitrogen and oxygen atoms in total. The summed E-state index contributed by atoms with van der Waals surface area (Å²) in [7, 11) is 0. The zero-order valence-corrected chi connectivity index (χ0v) is 20.0. The Bertz CT molecular complexity index is 1370. The molecule has 0 radical (unpaired) electrons. The van der Waals surface area contributed by atoms with Gasteiger partial charge in [-0.1, -0.05) is 6.07 Å². The Balaban J connectivity index is 1.50. The number of nitrogens with two attached hydrogens (primary N) is 1. The second-order valence-corrected chi connectivity index (χ2v) is 8.57. The van der Waals surface area contributed by atoms with Gasteiger partial charge in [0.2, 0.25) is 0 Å². The number of nitrogens with zero attached hydrogens (tertiary/aromatic N) is 6. The molecule has 5 rings (SSSR count). The summed E-state index contributed by atoms with van der Waals surface area (Å²) in [5, 5.41) is 0. The summed E-state index contributed by atoms with van der Waals surface area (Å²) in [5.74, 6) is -0.231. The van der Waals surface area contributed by atoms with E-state index < -0.39 is 11.6 Å². The SMILES string of the molecule is CCOc1nc(N)c2nc(-c3cncc(F)c3)n(Cc3ccc(F)c(OCCN4CCCC4)c3)c2n1. The molecule has 4 heterocycles. The maximum absolute atomic E-state index is 14.5. The fourth-order valence-electron chi connectivity index (χ4n) is 4.33. The lowest BCUT2D eigenvalue weighted by Gasteiger charge is -2.16. The molecule has 188 valence electrons. The van der Waals surface area contributed by atoms with E-state index in [1.54, 1.807) is 16.7 Å². The first-order valence-corrected chi connectivity index (χ1v) is 11.9. The zero-order chi connectivity index (χ0) is 25.1. The molecule has 1 aliphatic rings. The van der Waals surface area contributed by atoms with Gasteiger partial charge in [0.1, 0.15) is 18.2 Å². The van der Waals surface area contributed by atoms with Crippen LogP contribution in [0, 0.1) is 11.6 Å². The molecule has 4 aromatic rings. The summed E-state index contributed by atoms with van der Waals surface area (Å²) in [6.45, 7) is 5.66. The third-order valence-electron chi connectivity index (χ3n) is 6.04. The molecule has 1 aliphatic heterocycles. The van der Waals surface area contributed by atoms with Gasteiger partial charge >= 0.3 is 6.01 Å². The average Bonchev–Trinajstić information content (AvgIpc) is 3.50. The topological polar surface area (TPSA) is 104 Å². The van der Waals surface area contributed by atoms with E-state index in [4.69, 9.17) is 15.2 Å². The number of pyridine rings is 1. The van der Waals surface area contributed by atoms with E-state index in [1.807, 2.05) is 6.92 Å². The number of benzene rings is 1. The van der Waals surface area contributed by atoms with Gasteiger partial charge in [0, 0.05) is 18.3 Å². The minimum atomic E-state index is -0.504. The van der Waals surface area contributed by atoms with Crippen LogP contribution in [0.5, 0.6) is 11.8 Å². The molecule has 0 amide bonds.